The van der Waals surface area contributed by atoms with Crippen LogP contribution in [0, 0.1) is 6.92 Å². The Kier molecular flexibility index (Phi) is 6.34. The fourth-order valence-electron chi connectivity index (χ4n) is 2.96. The quantitative estimate of drug-likeness (QED) is 0.792. The van der Waals surface area contributed by atoms with Crippen molar-refractivity contribution in [2.75, 3.05) is 26.2 Å². The number of piperazine rings is 1. The highest BCUT2D eigenvalue weighted by Gasteiger charge is 2.22. The van der Waals surface area contributed by atoms with Crippen molar-refractivity contribution < 1.29 is 0 Å². The van der Waals surface area contributed by atoms with Crippen molar-refractivity contribution in [1.82, 2.24) is 10.2 Å². The van der Waals surface area contributed by atoms with E-state index >= 15 is 0 Å². The third-order valence-corrected chi connectivity index (χ3v) is 4.66. The van der Waals surface area contributed by atoms with E-state index in [1.807, 2.05) is 0 Å². The average molecular weight is 295 g/mol. The Morgan fingerprint density at radius 1 is 1.25 bits per heavy atom. The molecule has 1 N–H and O–H groups in total. The topological polar surface area (TPSA) is 15.3 Å². The number of nitrogens with one attached hydrogen (secondary N) is 1. The van der Waals surface area contributed by atoms with Crippen molar-refractivity contribution in [3.8, 4) is 0 Å². The molecule has 112 valence electrons. The normalized spacial score (nSPS) is 18.1. The lowest BCUT2D eigenvalue weighted by Gasteiger charge is -2.35. The van der Waals surface area contributed by atoms with E-state index in [1.165, 1.54) is 36.8 Å². The Bertz CT molecular complexity index is 413. The molecule has 1 aromatic carbocycles. The molecule has 0 aromatic heterocycles. The lowest BCUT2D eigenvalue weighted by molar-refractivity contribution is 0.162. The van der Waals surface area contributed by atoms with E-state index in [2.05, 4.69) is 42.3 Å². The van der Waals surface area contributed by atoms with Gasteiger partial charge in [0.2, 0.25) is 0 Å². The first kappa shape index (κ1) is 15.8. The molecular formula is C17H27ClN2. The van der Waals surface area contributed by atoms with Crippen LogP contribution in [0.5, 0.6) is 0 Å². The van der Waals surface area contributed by atoms with Gasteiger partial charge < -0.3 is 5.32 Å². The summed E-state index contributed by atoms with van der Waals surface area (Å²) in [6.45, 7) is 8.82. The van der Waals surface area contributed by atoms with E-state index in [0.29, 0.717) is 6.04 Å². The summed E-state index contributed by atoms with van der Waals surface area (Å²) in [5.41, 5.74) is 2.56. The summed E-state index contributed by atoms with van der Waals surface area (Å²) in [6, 6.07) is 7.13. The molecule has 1 heterocycles. The molecule has 0 saturated carbocycles. The van der Waals surface area contributed by atoms with Crippen molar-refractivity contribution in [2.45, 2.75) is 45.6 Å². The second-order valence-electron chi connectivity index (χ2n) is 5.81. The van der Waals surface area contributed by atoms with E-state index in [4.69, 9.17) is 11.6 Å². The molecule has 1 atom stereocenters. The van der Waals surface area contributed by atoms with Crippen molar-refractivity contribution in [1.29, 1.82) is 0 Å². The zero-order valence-corrected chi connectivity index (χ0v) is 13.5. The number of nitrogens with zero attached hydrogens (tertiary/aromatic N) is 1. The van der Waals surface area contributed by atoms with E-state index in [9.17, 15) is 0 Å². The highest BCUT2D eigenvalue weighted by atomic mass is 35.5. The van der Waals surface area contributed by atoms with Crippen LogP contribution < -0.4 is 5.32 Å². The first-order chi connectivity index (χ1) is 9.72. The van der Waals surface area contributed by atoms with Gasteiger partial charge in [0.15, 0.2) is 0 Å². The van der Waals surface area contributed by atoms with Crippen LogP contribution in [0.3, 0.4) is 0 Å². The summed E-state index contributed by atoms with van der Waals surface area (Å²) in [6.07, 6.45) is 5.15. The minimum Gasteiger partial charge on any atom is -0.314 e. The number of hydrogen-bond acceptors (Lipinski definition) is 2. The van der Waals surface area contributed by atoms with E-state index in [0.717, 1.165) is 31.2 Å². The van der Waals surface area contributed by atoms with Gasteiger partial charge in [-0.15, -0.1) is 0 Å². The summed E-state index contributed by atoms with van der Waals surface area (Å²) in [5.74, 6) is 0. The molecule has 2 rings (SSSR count). The van der Waals surface area contributed by atoms with Crippen LogP contribution in [0.25, 0.3) is 0 Å². The number of benzene rings is 1. The Labute approximate surface area is 128 Å². The minimum absolute atomic E-state index is 0.529. The van der Waals surface area contributed by atoms with Crippen molar-refractivity contribution in [3.63, 3.8) is 0 Å². The largest absolute Gasteiger partial charge is 0.314 e. The van der Waals surface area contributed by atoms with Gasteiger partial charge in [-0.1, -0.05) is 49.9 Å². The van der Waals surface area contributed by atoms with E-state index in [-0.39, 0.29) is 0 Å². The van der Waals surface area contributed by atoms with Crippen molar-refractivity contribution in [3.05, 3.63) is 34.3 Å². The SMILES string of the molecule is CCCCC[C@H](c1ccc(C)c(Cl)c1)N1CCNCC1. The number of rotatable bonds is 6. The summed E-state index contributed by atoms with van der Waals surface area (Å²) >= 11 is 6.33. The standard InChI is InChI=1S/C17H27ClN2/c1-3-4-5-6-17(20-11-9-19-10-12-20)15-8-7-14(2)16(18)13-15/h7-8,13,17,19H,3-6,9-12H2,1-2H3/t17-/m1/s1. The van der Waals surface area contributed by atoms with Crippen LogP contribution in [0.1, 0.15) is 49.8 Å². The number of unbranched alkanes of at least 4 members (excludes halogenated alkanes) is 2. The monoisotopic (exact) mass is 294 g/mol. The van der Waals surface area contributed by atoms with E-state index in [1.54, 1.807) is 0 Å². The maximum atomic E-state index is 6.33. The maximum absolute atomic E-state index is 6.33. The fourth-order valence-corrected chi connectivity index (χ4v) is 3.15. The Morgan fingerprint density at radius 3 is 2.65 bits per heavy atom. The molecule has 0 spiro atoms. The molecule has 3 heteroatoms. The van der Waals surface area contributed by atoms with Gasteiger partial charge in [0.05, 0.1) is 0 Å². The molecule has 0 unspecified atom stereocenters. The van der Waals surface area contributed by atoms with Gasteiger partial charge in [-0.25, -0.2) is 0 Å². The molecule has 1 saturated heterocycles. The van der Waals surface area contributed by atoms with Crippen LogP contribution >= 0.6 is 11.6 Å². The Morgan fingerprint density at radius 2 is 2.00 bits per heavy atom. The van der Waals surface area contributed by atoms with Crippen molar-refractivity contribution >= 4 is 11.6 Å². The Balaban J connectivity index is 2.12. The number of hydrogen-bond donors (Lipinski definition) is 1. The number of aryl methyl sites for hydroxylation is 1. The molecule has 1 aliphatic rings. The molecule has 0 radical (unpaired) electrons. The summed E-state index contributed by atoms with van der Waals surface area (Å²) in [7, 11) is 0. The van der Waals surface area contributed by atoms with Crippen LogP contribution in [-0.4, -0.2) is 31.1 Å². The molecule has 1 aliphatic heterocycles. The second-order valence-corrected chi connectivity index (χ2v) is 6.21. The van der Waals surface area contributed by atoms with Gasteiger partial charge in [-0.2, -0.15) is 0 Å². The zero-order chi connectivity index (χ0) is 14.4. The lowest BCUT2D eigenvalue weighted by atomic mass is 9.97. The van der Waals surface area contributed by atoms with Crippen LogP contribution in [0.4, 0.5) is 0 Å². The highest BCUT2D eigenvalue weighted by Crippen LogP contribution is 2.30. The molecule has 0 bridgehead atoms. The molecule has 0 aliphatic carbocycles. The molecule has 20 heavy (non-hydrogen) atoms. The smallest absolute Gasteiger partial charge is 0.0438 e. The summed E-state index contributed by atoms with van der Waals surface area (Å²) in [4.78, 5) is 2.62. The van der Waals surface area contributed by atoms with Crippen LogP contribution in [0.2, 0.25) is 5.02 Å². The predicted molar refractivity (Wildman–Crippen MR) is 87.5 cm³/mol. The third kappa shape index (κ3) is 4.21. The predicted octanol–water partition coefficient (Wildman–Crippen LogP) is 4.18. The highest BCUT2D eigenvalue weighted by molar-refractivity contribution is 6.31. The number of halogens is 1. The third-order valence-electron chi connectivity index (χ3n) is 4.25. The van der Waals surface area contributed by atoms with Crippen LogP contribution in [0.15, 0.2) is 18.2 Å². The lowest BCUT2D eigenvalue weighted by Crippen LogP contribution is -2.45. The first-order valence-electron chi connectivity index (χ1n) is 7.93. The maximum Gasteiger partial charge on any atom is 0.0438 e. The second kappa shape index (κ2) is 8.02. The van der Waals surface area contributed by atoms with Crippen LogP contribution in [-0.2, 0) is 0 Å². The first-order valence-corrected chi connectivity index (χ1v) is 8.31. The average Bonchev–Trinajstić information content (AvgIpc) is 2.48. The Hall–Kier alpha value is -0.570. The zero-order valence-electron chi connectivity index (χ0n) is 12.8. The van der Waals surface area contributed by atoms with Gasteiger partial charge in [-0.05, 0) is 30.5 Å². The molecule has 2 nitrogen and oxygen atoms in total. The van der Waals surface area contributed by atoms with E-state index < -0.39 is 0 Å². The summed E-state index contributed by atoms with van der Waals surface area (Å²) in [5, 5.41) is 4.34. The van der Waals surface area contributed by atoms with Gasteiger partial charge in [0, 0.05) is 37.2 Å². The fraction of sp³-hybridized carbons (Fsp3) is 0.647. The summed E-state index contributed by atoms with van der Waals surface area (Å²) < 4.78 is 0. The van der Waals surface area contributed by atoms with Gasteiger partial charge in [-0.3, -0.25) is 4.90 Å². The molecule has 0 amide bonds. The molecule has 1 aromatic rings. The molecular weight excluding hydrogens is 268 g/mol. The van der Waals surface area contributed by atoms with Gasteiger partial charge >= 0.3 is 0 Å². The molecule has 1 fully saturated rings. The van der Waals surface area contributed by atoms with Crippen molar-refractivity contribution in [2.24, 2.45) is 0 Å². The van der Waals surface area contributed by atoms with Gasteiger partial charge in [0.1, 0.15) is 0 Å². The van der Waals surface area contributed by atoms with Gasteiger partial charge in [0.25, 0.3) is 0 Å². The minimum atomic E-state index is 0.529.